The molecule has 18 heavy (non-hydrogen) atoms. The third-order valence-electron chi connectivity index (χ3n) is 2.65. The summed E-state index contributed by atoms with van der Waals surface area (Å²) in [6, 6.07) is 4.99. The van der Waals surface area contributed by atoms with E-state index in [0.29, 0.717) is 29.7 Å². The van der Waals surface area contributed by atoms with E-state index in [1.54, 1.807) is 25.3 Å². The third kappa shape index (κ3) is 2.37. The smallest absolute Gasteiger partial charge is 0.359 e. The van der Waals surface area contributed by atoms with Gasteiger partial charge in [0.25, 0.3) is 5.52 Å². The molecule has 0 aliphatic heterocycles. The van der Waals surface area contributed by atoms with Crippen molar-refractivity contribution in [1.82, 2.24) is 0 Å². The number of carbonyl (C=O) groups excluding carboxylic acids is 1. The van der Waals surface area contributed by atoms with Crippen LogP contribution in [0.15, 0.2) is 22.6 Å². The topological polar surface area (TPSA) is 92.4 Å². The molecule has 0 fully saturated rings. The van der Waals surface area contributed by atoms with Gasteiger partial charge in [-0.2, -0.15) is 0 Å². The van der Waals surface area contributed by atoms with Crippen LogP contribution in [-0.2, 0) is 11.2 Å². The number of methoxy groups -OCH3 is 1. The molecule has 0 aliphatic carbocycles. The number of amides is 1. The molecule has 0 spiro atoms. The molecule has 0 unspecified atom stereocenters. The van der Waals surface area contributed by atoms with Gasteiger partial charge in [-0.05, 0) is 12.5 Å². The lowest BCUT2D eigenvalue weighted by Crippen LogP contribution is -2.29. The molecule has 0 bridgehead atoms. The van der Waals surface area contributed by atoms with Gasteiger partial charge in [-0.15, -0.1) is 4.73 Å². The van der Waals surface area contributed by atoms with Crippen molar-refractivity contribution in [2.45, 2.75) is 19.3 Å². The predicted octanol–water partition coefficient (Wildman–Crippen LogP) is 0.883. The molecule has 2 rings (SSSR count). The number of primary amides is 1. The summed E-state index contributed by atoms with van der Waals surface area (Å²) in [5, 5.41) is 11.9. The van der Waals surface area contributed by atoms with E-state index in [0.717, 1.165) is 4.73 Å². The van der Waals surface area contributed by atoms with E-state index in [9.17, 15) is 10.0 Å². The molecule has 0 radical (unpaired) electrons. The molecule has 2 N–H and O–H groups in total. The summed E-state index contributed by atoms with van der Waals surface area (Å²) >= 11 is 0. The second kappa shape index (κ2) is 4.95. The van der Waals surface area contributed by atoms with E-state index in [1.165, 1.54) is 0 Å². The average molecular weight is 250 g/mol. The summed E-state index contributed by atoms with van der Waals surface area (Å²) in [7, 11) is 1.54. The number of ether oxygens (including phenoxy) is 1. The number of rotatable bonds is 5. The van der Waals surface area contributed by atoms with Crippen LogP contribution in [0.5, 0.6) is 5.75 Å². The Hall–Kier alpha value is -2.24. The van der Waals surface area contributed by atoms with Crippen LogP contribution in [0.25, 0.3) is 11.1 Å². The summed E-state index contributed by atoms with van der Waals surface area (Å²) < 4.78 is 11.2. The van der Waals surface area contributed by atoms with Crippen molar-refractivity contribution in [2.24, 2.45) is 5.73 Å². The summed E-state index contributed by atoms with van der Waals surface area (Å²) in [5.41, 5.74) is 5.96. The normalized spacial score (nSPS) is 10.7. The van der Waals surface area contributed by atoms with E-state index < -0.39 is 0 Å². The van der Waals surface area contributed by atoms with Gasteiger partial charge in [0.2, 0.25) is 11.5 Å². The number of carbonyl (C=O) groups is 1. The van der Waals surface area contributed by atoms with Gasteiger partial charge in [-0.25, -0.2) is 0 Å². The van der Waals surface area contributed by atoms with E-state index in [1.807, 2.05) is 0 Å². The van der Waals surface area contributed by atoms with Crippen LogP contribution >= 0.6 is 0 Å². The number of nitrogens with zero attached hydrogens (tertiary/aromatic N) is 1. The predicted molar refractivity (Wildman–Crippen MR) is 63.9 cm³/mol. The summed E-state index contributed by atoms with van der Waals surface area (Å²) in [4.78, 5) is 10.6. The summed E-state index contributed by atoms with van der Waals surface area (Å²) in [5.74, 6) is 0.519. The molecule has 6 heteroatoms. The first-order chi connectivity index (χ1) is 8.61. The highest BCUT2D eigenvalue weighted by atomic mass is 16.5. The van der Waals surface area contributed by atoms with Crippen molar-refractivity contribution in [3.63, 3.8) is 0 Å². The zero-order chi connectivity index (χ0) is 13.1. The molecule has 0 atom stereocenters. The number of fused-ring (bicyclic) bond motifs is 1. The van der Waals surface area contributed by atoms with E-state index in [4.69, 9.17) is 14.9 Å². The fourth-order valence-corrected chi connectivity index (χ4v) is 1.74. The van der Waals surface area contributed by atoms with E-state index in [2.05, 4.69) is 0 Å². The number of oxazole rings is 1. The maximum Gasteiger partial charge on any atom is 0.359 e. The second-order valence-electron chi connectivity index (χ2n) is 3.94. The Bertz CT molecular complexity index is 577. The summed E-state index contributed by atoms with van der Waals surface area (Å²) in [6.45, 7) is 0. The van der Waals surface area contributed by atoms with Crippen molar-refractivity contribution in [3.05, 3.63) is 29.3 Å². The first kappa shape index (κ1) is 12.2. The Morgan fingerprint density at radius 2 is 2.33 bits per heavy atom. The standard InChI is InChI=1S/C12H14N2O4/c1-17-8-5-6-9-10(7-8)18-12(14(9)16)4-2-3-11(13)15/h5-7H,2-4H2,1H3,(H2,13,15). The van der Waals surface area contributed by atoms with Crippen molar-refractivity contribution in [1.29, 1.82) is 0 Å². The van der Waals surface area contributed by atoms with Gasteiger partial charge in [0.1, 0.15) is 5.75 Å². The molecule has 0 aliphatic rings. The Morgan fingerprint density at radius 3 is 3.00 bits per heavy atom. The molecule has 1 aromatic heterocycles. The number of aryl methyl sites for hydroxylation is 1. The van der Waals surface area contributed by atoms with Crippen LogP contribution in [0.4, 0.5) is 0 Å². The zero-order valence-corrected chi connectivity index (χ0v) is 10.0. The number of benzene rings is 1. The largest absolute Gasteiger partial charge is 0.616 e. The van der Waals surface area contributed by atoms with Crippen LogP contribution in [0.3, 0.4) is 0 Å². The van der Waals surface area contributed by atoms with E-state index in [-0.39, 0.29) is 18.2 Å². The van der Waals surface area contributed by atoms with Crippen LogP contribution < -0.4 is 15.2 Å². The highest BCUT2D eigenvalue weighted by Crippen LogP contribution is 2.20. The average Bonchev–Trinajstić information content (AvgIpc) is 2.65. The van der Waals surface area contributed by atoms with Crippen LogP contribution in [0.1, 0.15) is 18.7 Å². The zero-order valence-electron chi connectivity index (χ0n) is 10.0. The lowest BCUT2D eigenvalue weighted by molar-refractivity contribution is -0.592. The quantitative estimate of drug-likeness (QED) is 0.629. The van der Waals surface area contributed by atoms with Gasteiger partial charge in [0.05, 0.1) is 13.5 Å². The molecular formula is C12H14N2O4. The van der Waals surface area contributed by atoms with Gasteiger partial charge in [0.15, 0.2) is 0 Å². The highest BCUT2D eigenvalue weighted by Gasteiger charge is 2.18. The molecule has 1 heterocycles. The van der Waals surface area contributed by atoms with Crippen LogP contribution in [-0.4, -0.2) is 13.0 Å². The van der Waals surface area contributed by atoms with Gasteiger partial charge >= 0.3 is 5.89 Å². The maximum atomic E-state index is 11.9. The van der Waals surface area contributed by atoms with Gasteiger partial charge in [-0.3, -0.25) is 4.79 Å². The molecule has 1 aromatic carbocycles. The minimum Gasteiger partial charge on any atom is -0.616 e. The molecule has 1 amide bonds. The molecule has 96 valence electrons. The highest BCUT2D eigenvalue weighted by molar-refractivity contribution is 5.73. The maximum absolute atomic E-state index is 11.9. The molecule has 0 saturated heterocycles. The van der Waals surface area contributed by atoms with Crippen molar-refractivity contribution >= 4 is 17.0 Å². The Kier molecular flexibility index (Phi) is 3.36. The van der Waals surface area contributed by atoms with Crippen molar-refractivity contribution in [3.8, 4) is 5.75 Å². The minimum atomic E-state index is -0.384. The van der Waals surface area contributed by atoms with E-state index >= 15 is 0 Å². The fourth-order valence-electron chi connectivity index (χ4n) is 1.74. The Morgan fingerprint density at radius 1 is 1.56 bits per heavy atom. The SMILES string of the molecule is COc1ccc2c(c1)oc(CCCC(N)=O)[n+]2[O-]. The van der Waals surface area contributed by atoms with Crippen molar-refractivity contribution < 1.29 is 18.7 Å². The lowest BCUT2D eigenvalue weighted by atomic mass is 10.2. The molecule has 2 aromatic rings. The summed E-state index contributed by atoms with van der Waals surface area (Å²) in [6.07, 6.45) is 1.11. The number of aromatic nitrogens is 1. The van der Waals surface area contributed by atoms with Gasteiger partial charge in [0, 0.05) is 18.6 Å². The molecule has 0 saturated carbocycles. The first-order valence-electron chi connectivity index (χ1n) is 5.59. The lowest BCUT2D eigenvalue weighted by Gasteiger charge is -1.96. The van der Waals surface area contributed by atoms with Crippen molar-refractivity contribution in [2.75, 3.05) is 7.11 Å². The number of hydrogen-bond acceptors (Lipinski definition) is 4. The second-order valence-corrected chi connectivity index (χ2v) is 3.94. The molecule has 6 nitrogen and oxygen atoms in total. The number of nitrogens with two attached hydrogens (primary N) is 1. The van der Waals surface area contributed by atoms with Crippen LogP contribution in [0.2, 0.25) is 0 Å². The fraction of sp³-hybridized carbons (Fsp3) is 0.333. The van der Waals surface area contributed by atoms with Gasteiger partial charge in [-0.1, -0.05) is 0 Å². The Balaban J connectivity index is 2.23. The molecular weight excluding hydrogens is 236 g/mol. The minimum absolute atomic E-state index is 0.236. The monoisotopic (exact) mass is 250 g/mol. The first-order valence-corrected chi connectivity index (χ1v) is 5.59. The Labute approximate surface area is 104 Å². The number of hydrogen-bond donors (Lipinski definition) is 1. The van der Waals surface area contributed by atoms with Gasteiger partial charge < -0.3 is 20.1 Å². The third-order valence-corrected chi connectivity index (χ3v) is 2.65. The van der Waals surface area contributed by atoms with Crippen LogP contribution in [0, 0.1) is 5.21 Å².